The van der Waals surface area contributed by atoms with Crippen molar-refractivity contribution in [2.75, 3.05) is 11.5 Å². The highest BCUT2D eigenvalue weighted by Gasteiger charge is 2.27. The normalized spacial score (nSPS) is 24.1. The van der Waals surface area contributed by atoms with Crippen LogP contribution in [-0.4, -0.2) is 31.6 Å². The Morgan fingerprint density at radius 2 is 2.35 bits per heavy atom. The standard InChI is InChI=1S/C10H16N4O2S/c1-6-2-3-7(4-6)14-9(11)12-13-10(14)17-5-8(15)16/h6-7H,2-5H2,1H3,(H2,11,12)(H,15,16). The van der Waals surface area contributed by atoms with Crippen molar-refractivity contribution in [3.05, 3.63) is 0 Å². The Hall–Kier alpha value is -1.24. The first kappa shape index (κ1) is 12.2. The second kappa shape index (κ2) is 4.95. The van der Waals surface area contributed by atoms with Gasteiger partial charge in [-0.3, -0.25) is 9.36 Å². The molecule has 1 aromatic heterocycles. The molecule has 0 radical (unpaired) electrons. The molecule has 7 heteroatoms. The minimum Gasteiger partial charge on any atom is -0.481 e. The minimum atomic E-state index is -0.858. The molecule has 2 unspecified atom stereocenters. The number of aromatic nitrogens is 3. The topological polar surface area (TPSA) is 94.0 Å². The van der Waals surface area contributed by atoms with E-state index in [1.165, 1.54) is 18.2 Å². The predicted octanol–water partition coefficient (Wildman–Crippen LogP) is 1.40. The van der Waals surface area contributed by atoms with Gasteiger partial charge in [0.05, 0.1) is 5.75 Å². The number of aliphatic carboxylic acids is 1. The van der Waals surface area contributed by atoms with Crippen LogP contribution >= 0.6 is 11.8 Å². The van der Waals surface area contributed by atoms with Gasteiger partial charge in [-0.2, -0.15) is 0 Å². The number of anilines is 1. The summed E-state index contributed by atoms with van der Waals surface area (Å²) in [4.78, 5) is 10.6. The number of carboxylic acids is 1. The van der Waals surface area contributed by atoms with Gasteiger partial charge in [-0.25, -0.2) is 0 Å². The van der Waals surface area contributed by atoms with E-state index in [1.54, 1.807) is 0 Å². The lowest BCUT2D eigenvalue weighted by Gasteiger charge is -2.14. The fourth-order valence-electron chi connectivity index (χ4n) is 2.27. The van der Waals surface area contributed by atoms with Gasteiger partial charge in [-0.05, 0) is 25.2 Å². The number of hydrogen-bond donors (Lipinski definition) is 2. The fraction of sp³-hybridized carbons (Fsp3) is 0.700. The van der Waals surface area contributed by atoms with Gasteiger partial charge < -0.3 is 10.8 Å². The molecule has 2 atom stereocenters. The van der Waals surface area contributed by atoms with Crippen molar-refractivity contribution in [1.82, 2.24) is 14.8 Å². The highest BCUT2D eigenvalue weighted by Crippen LogP contribution is 2.37. The van der Waals surface area contributed by atoms with Crippen LogP contribution in [0.5, 0.6) is 0 Å². The number of nitrogens with zero attached hydrogens (tertiary/aromatic N) is 3. The number of carbonyl (C=O) groups is 1. The molecule has 1 heterocycles. The van der Waals surface area contributed by atoms with Gasteiger partial charge in [0.25, 0.3) is 0 Å². The average Bonchev–Trinajstić information content (AvgIpc) is 2.82. The molecular weight excluding hydrogens is 240 g/mol. The minimum absolute atomic E-state index is 0.0135. The lowest BCUT2D eigenvalue weighted by molar-refractivity contribution is -0.133. The smallest absolute Gasteiger partial charge is 0.313 e. The molecule has 0 spiro atoms. The van der Waals surface area contributed by atoms with Crippen LogP contribution in [0.25, 0.3) is 0 Å². The van der Waals surface area contributed by atoms with Crippen LogP contribution in [0.2, 0.25) is 0 Å². The van der Waals surface area contributed by atoms with Gasteiger partial charge in [-0.15, -0.1) is 10.2 Å². The summed E-state index contributed by atoms with van der Waals surface area (Å²) >= 11 is 1.17. The molecule has 6 nitrogen and oxygen atoms in total. The average molecular weight is 256 g/mol. The summed E-state index contributed by atoms with van der Waals surface area (Å²) in [5, 5.41) is 17.1. The summed E-state index contributed by atoms with van der Waals surface area (Å²) < 4.78 is 1.89. The van der Waals surface area contributed by atoms with Crippen molar-refractivity contribution < 1.29 is 9.90 Å². The van der Waals surface area contributed by atoms with E-state index in [4.69, 9.17) is 10.8 Å². The maximum atomic E-state index is 10.6. The van der Waals surface area contributed by atoms with E-state index < -0.39 is 5.97 Å². The first-order valence-electron chi connectivity index (χ1n) is 5.63. The van der Waals surface area contributed by atoms with E-state index in [-0.39, 0.29) is 5.75 Å². The van der Waals surface area contributed by atoms with Crippen LogP contribution < -0.4 is 5.73 Å². The number of nitrogen functional groups attached to an aromatic ring is 1. The van der Waals surface area contributed by atoms with Crippen LogP contribution in [0.15, 0.2) is 5.16 Å². The first-order chi connectivity index (χ1) is 8.08. The second-order valence-corrected chi connectivity index (χ2v) is 5.41. The molecular formula is C10H16N4O2S. The third kappa shape index (κ3) is 2.71. The molecule has 1 fully saturated rings. The van der Waals surface area contributed by atoms with Crippen molar-refractivity contribution >= 4 is 23.7 Å². The Labute approximate surface area is 104 Å². The molecule has 1 aliphatic carbocycles. The van der Waals surface area contributed by atoms with Crippen LogP contribution in [0.1, 0.15) is 32.2 Å². The molecule has 1 saturated carbocycles. The largest absolute Gasteiger partial charge is 0.481 e. The maximum absolute atomic E-state index is 10.6. The van der Waals surface area contributed by atoms with Gasteiger partial charge in [0, 0.05) is 6.04 Å². The molecule has 3 N–H and O–H groups in total. The van der Waals surface area contributed by atoms with Gasteiger partial charge in [0.2, 0.25) is 5.95 Å². The molecule has 0 bridgehead atoms. The van der Waals surface area contributed by atoms with Crippen molar-refractivity contribution in [3.63, 3.8) is 0 Å². The van der Waals surface area contributed by atoms with Gasteiger partial charge in [-0.1, -0.05) is 18.7 Å². The molecule has 1 aliphatic rings. The summed E-state index contributed by atoms with van der Waals surface area (Å²) in [6.07, 6.45) is 3.29. The number of rotatable bonds is 4. The number of nitrogens with two attached hydrogens (primary N) is 1. The molecule has 0 amide bonds. The maximum Gasteiger partial charge on any atom is 0.313 e. The predicted molar refractivity (Wildman–Crippen MR) is 64.8 cm³/mol. The highest BCUT2D eigenvalue weighted by atomic mass is 32.2. The van der Waals surface area contributed by atoms with Gasteiger partial charge in [0.15, 0.2) is 5.16 Å². The van der Waals surface area contributed by atoms with Crippen LogP contribution in [0, 0.1) is 5.92 Å². The SMILES string of the molecule is CC1CCC(n2c(N)nnc2SCC(=O)O)C1. The zero-order valence-electron chi connectivity index (χ0n) is 9.67. The molecule has 0 aliphatic heterocycles. The van der Waals surface area contributed by atoms with Crippen molar-refractivity contribution in [3.8, 4) is 0 Å². The summed E-state index contributed by atoms with van der Waals surface area (Å²) in [5.41, 5.74) is 5.80. The number of thioether (sulfide) groups is 1. The van der Waals surface area contributed by atoms with Gasteiger partial charge >= 0.3 is 5.97 Å². The van der Waals surface area contributed by atoms with E-state index in [2.05, 4.69) is 17.1 Å². The Balaban J connectivity index is 2.14. The second-order valence-electron chi connectivity index (χ2n) is 4.47. The molecule has 94 valence electrons. The van der Waals surface area contributed by atoms with Crippen LogP contribution in [0.3, 0.4) is 0 Å². The van der Waals surface area contributed by atoms with Gasteiger partial charge in [0.1, 0.15) is 0 Å². The van der Waals surface area contributed by atoms with E-state index in [9.17, 15) is 4.79 Å². The molecule has 2 rings (SSSR count). The highest BCUT2D eigenvalue weighted by molar-refractivity contribution is 7.99. The molecule has 0 aromatic carbocycles. The monoisotopic (exact) mass is 256 g/mol. The van der Waals surface area contributed by atoms with Crippen LogP contribution in [-0.2, 0) is 4.79 Å². The summed E-state index contributed by atoms with van der Waals surface area (Å²) in [6, 6.07) is 0.316. The molecule has 0 saturated heterocycles. The lowest BCUT2D eigenvalue weighted by atomic mass is 10.1. The lowest BCUT2D eigenvalue weighted by Crippen LogP contribution is -2.11. The summed E-state index contributed by atoms with van der Waals surface area (Å²) in [5.74, 6) is 0.194. The Bertz CT molecular complexity index is 420. The van der Waals surface area contributed by atoms with Crippen molar-refractivity contribution in [2.24, 2.45) is 5.92 Å². The zero-order valence-corrected chi connectivity index (χ0v) is 10.5. The van der Waals surface area contributed by atoms with E-state index in [0.717, 1.165) is 12.8 Å². The Morgan fingerprint density at radius 1 is 1.59 bits per heavy atom. The van der Waals surface area contributed by atoms with E-state index in [1.807, 2.05) is 4.57 Å². The third-order valence-electron chi connectivity index (χ3n) is 3.05. The van der Waals surface area contributed by atoms with E-state index >= 15 is 0 Å². The Morgan fingerprint density at radius 3 is 2.94 bits per heavy atom. The summed E-state index contributed by atoms with van der Waals surface area (Å²) in [6.45, 7) is 2.21. The van der Waals surface area contributed by atoms with Crippen LogP contribution in [0.4, 0.5) is 5.95 Å². The molecule has 17 heavy (non-hydrogen) atoms. The fourth-order valence-corrected chi connectivity index (χ4v) is 3.00. The first-order valence-corrected chi connectivity index (χ1v) is 6.61. The number of carboxylic acid groups (broad SMARTS) is 1. The number of hydrogen-bond acceptors (Lipinski definition) is 5. The quantitative estimate of drug-likeness (QED) is 0.791. The van der Waals surface area contributed by atoms with E-state index in [0.29, 0.717) is 23.1 Å². The summed E-state index contributed by atoms with van der Waals surface area (Å²) in [7, 11) is 0. The van der Waals surface area contributed by atoms with Crippen molar-refractivity contribution in [2.45, 2.75) is 37.4 Å². The Kier molecular flexibility index (Phi) is 3.56. The third-order valence-corrected chi connectivity index (χ3v) is 3.98. The van der Waals surface area contributed by atoms with Crippen molar-refractivity contribution in [1.29, 1.82) is 0 Å². The molecule has 1 aromatic rings. The zero-order chi connectivity index (χ0) is 12.4.